The van der Waals surface area contributed by atoms with Gasteiger partial charge in [0.1, 0.15) is 5.60 Å². The summed E-state index contributed by atoms with van der Waals surface area (Å²) in [5.74, 6) is 0.484. The van der Waals surface area contributed by atoms with Crippen LogP contribution < -0.4 is 0 Å². The van der Waals surface area contributed by atoms with Gasteiger partial charge in [-0.3, -0.25) is 0 Å². The fourth-order valence-corrected chi connectivity index (χ4v) is 2.33. The van der Waals surface area contributed by atoms with E-state index in [4.69, 9.17) is 14.6 Å². The van der Waals surface area contributed by atoms with E-state index in [9.17, 15) is 0 Å². The molecule has 2 saturated heterocycles. The van der Waals surface area contributed by atoms with Gasteiger partial charge < -0.3 is 14.6 Å². The van der Waals surface area contributed by atoms with Gasteiger partial charge in [0.25, 0.3) is 0 Å². The number of aliphatic hydroxyl groups excluding tert-OH is 1. The van der Waals surface area contributed by atoms with Crippen LogP contribution in [0, 0.1) is 5.92 Å². The maximum Gasteiger partial charge on any atom is 0.120 e. The highest BCUT2D eigenvalue weighted by atomic mass is 16.6. The van der Waals surface area contributed by atoms with Gasteiger partial charge in [0.2, 0.25) is 0 Å². The van der Waals surface area contributed by atoms with Crippen LogP contribution in [0.3, 0.4) is 0 Å². The van der Waals surface area contributed by atoms with Crippen molar-refractivity contribution in [3.05, 3.63) is 0 Å². The third-order valence-electron chi connectivity index (χ3n) is 3.24. The van der Waals surface area contributed by atoms with E-state index in [-0.39, 0.29) is 12.2 Å². The van der Waals surface area contributed by atoms with Crippen molar-refractivity contribution >= 4 is 0 Å². The molecule has 3 fully saturated rings. The van der Waals surface area contributed by atoms with E-state index in [0.29, 0.717) is 18.1 Å². The first-order chi connectivity index (χ1) is 5.36. The zero-order valence-corrected chi connectivity index (χ0v) is 6.32. The number of hydrogen-bond acceptors (Lipinski definition) is 3. The van der Waals surface area contributed by atoms with Crippen molar-refractivity contribution in [2.75, 3.05) is 13.2 Å². The van der Waals surface area contributed by atoms with Crippen LogP contribution >= 0.6 is 0 Å². The highest BCUT2D eigenvalue weighted by Gasteiger charge is 2.63. The van der Waals surface area contributed by atoms with E-state index >= 15 is 0 Å². The van der Waals surface area contributed by atoms with Crippen LogP contribution in [0.1, 0.15) is 12.8 Å². The molecule has 0 aromatic heterocycles. The molecule has 0 spiro atoms. The molecule has 0 aromatic rings. The van der Waals surface area contributed by atoms with Gasteiger partial charge in [-0.05, 0) is 12.8 Å². The molecule has 1 saturated carbocycles. The molecule has 0 amide bonds. The van der Waals surface area contributed by atoms with Crippen molar-refractivity contribution in [3.8, 4) is 0 Å². The van der Waals surface area contributed by atoms with Crippen LogP contribution in [0.15, 0.2) is 0 Å². The molecule has 0 bridgehead atoms. The van der Waals surface area contributed by atoms with Gasteiger partial charge >= 0.3 is 0 Å². The minimum absolute atomic E-state index is 0.171. The maximum absolute atomic E-state index is 9.07. The Morgan fingerprint density at radius 3 is 2.64 bits per heavy atom. The Labute approximate surface area is 65.3 Å². The smallest absolute Gasteiger partial charge is 0.120 e. The molecule has 1 aliphatic carbocycles. The molecule has 3 nitrogen and oxygen atoms in total. The molecular weight excluding hydrogens is 144 g/mol. The van der Waals surface area contributed by atoms with E-state index < -0.39 is 0 Å². The first-order valence-corrected chi connectivity index (χ1v) is 4.26. The van der Waals surface area contributed by atoms with E-state index in [0.717, 1.165) is 6.61 Å². The quantitative estimate of drug-likeness (QED) is 0.569. The number of ether oxygens (including phenoxy) is 2. The van der Waals surface area contributed by atoms with E-state index in [1.54, 1.807) is 0 Å². The molecule has 0 aromatic carbocycles. The second kappa shape index (κ2) is 1.79. The fourth-order valence-electron chi connectivity index (χ4n) is 2.33. The van der Waals surface area contributed by atoms with E-state index in [1.165, 1.54) is 12.8 Å². The molecule has 3 unspecified atom stereocenters. The first-order valence-electron chi connectivity index (χ1n) is 4.26. The molecule has 2 aliphatic heterocycles. The predicted octanol–water partition coefficient (Wildman–Crippen LogP) is -0.0749. The largest absolute Gasteiger partial charge is 0.393 e. The second-order valence-electron chi connectivity index (χ2n) is 3.83. The predicted molar refractivity (Wildman–Crippen MR) is 37.2 cm³/mol. The second-order valence-corrected chi connectivity index (χ2v) is 3.83. The van der Waals surface area contributed by atoms with Crippen molar-refractivity contribution in [1.29, 1.82) is 0 Å². The number of epoxide rings is 2. The van der Waals surface area contributed by atoms with Gasteiger partial charge in [0.05, 0.1) is 25.4 Å². The lowest BCUT2D eigenvalue weighted by molar-refractivity contribution is 0.0959. The molecule has 62 valence electrons. The van der Waals surface area contributed by atoms with Crippen molar-refractivity contribution in [2.45, 2.75) is 30.7 Å². The van der Waals surface area contributed by atoms with Gasteiger partial charge in [0.15, 0.2) is 0 Å². The topological polar surface area (TPSA) is 45.3 Å². The van der Waals surface area contributed by atoms with Crippen molar-refractivity contribution in [1.82, 2.24) is 0 Å². The van der Waals surface area contributed by atoms with Crippen molar-refractivity contribution in [2.24, 2.45) is 5.92 Å². The Kier molecular flexibility index (Phi) is 1.04. The highest BCUT2D eigenvalue weighted by molar-refractivity contribution is 5.10. The van der Waals surface area contributed by atoms with E-state index in [1.807, 2.05) is 0 Å². The summed E-state index contributed by atoms with van der Waals surface area (Å²) in [7, 11) is 0. The number of aliphatic hydroxyl groups is 1. The lowest BCUT2D eigenvalue weighted by Gasteiger charge is -2.16. The summed E-state index contributed by atoms with van der Waals surface area (Å²) in [5, 5.41) is 9.07. The zero-order valence-electron chi connectivity index (χ0n) is 6.32. The third-order valence-corrected chi connectivity index (χ3v) is 3.24. The van der Waals surface area contributed by atoms with Crippen LogP contribution in [0.25, 0.3) is 0 Å². The SMILES string of the molecule is OC[C@]1(C2CCC3OC32)CO1. The highest BCUT2D eigenvalue weighted by Crippen LogP contribution is 2.52. The summed E-state index contributed by atoms with van der Waals surface area (Å²) in [4.78, 5) is 0. The Balaban J connectivity index is 1.78. The van der Waals surface area contributed by atoms with Crippen molar-refractivity contribution < 1.29 is 14.6 Å². The van der Waals surface area contributed by atoms with Crippen LogP contribution in [-0.4, -0.2) is 36.1 Å². The molecule has 4 atom stereocenters. The Morgan fingerprint density at radius 1 is 1.45 bits per heavy atom. The van der Waals surface area contributed by atoms with Gasteiger partial charge in [-0.2, -0.15) is 0 Å². The Bertz CT molecular complexity index is 188. The summed E-state index contributed by atoms with van der Waals surface area (Å²) in [5.41, 5.74) is -0.185. The molecule has 0 radical (unpaired) electrons. The van der Waals surface area contributed by atoms with Gasteiger partial charge in [-0.25, -0.2) is 0 Å². The van der Waals surface area contributed by atoms with Gasteiger partial charge in [-0.15, -0.1) is 0 Å². The van der Waals surface area contributed by atoms with Gasteiger partial charge in [-0.1, -0.05) is 0 Å². The van der Waals surface area contributed by atoms with Crippen LogP contribution in [-0.2, 0) is 9.47 Å². The Hall–Kier alpha value is -0.120. The molecule has 3 aliphatic rings. The zero-order chi connectivity index (χ0) is 7.47. The average molecular weight is 156 g/mol. The maximum atomic E-state index is 9.07. The molecule has 11 heavy (non-hydrogen) atoms. The lowest BCUT2D eigenvalue weighted by atomic mass is 9.91. The minimum Gasteiger partial charge on any atom is -0.393 e. The number of hydrogen-bond donors (Lipinski definition) is 1. The summed E-state index contributed by atoms with van der Waals surface area (Å²) in [6.45, 7) is 0.908. The minimum atomic E-state index is -0.185. The number of rotatable bonds is 2. The van der Waals surface area contributed by atoms with Crippen LogP contribution in [0.5, 0.6) is 0 Å². The summed E-state index contributed by atoms with van der Waals surface area (Å²) in [6, 6.07) is 0. The molecule has 1 N–H and O–H groups in total. The van der Waals surface area contributed by atoms with Gasteiger partial charge in [0, 0.05) is 5.92 Å². The molecule has 3 rings (SSSR count). The monoisotopic (exact) mass is 156 g/mol. The van der Waals surface area contributed by atoms with E-state index in [2.05, 4.69) is 0 Å². The lowest BCUT2D eigenvalue weighted by Crippen LogP contribution is -2.30. The molecular formula is C8H12O3. The normalized spacial score (nSPS) is 59.2. The standard InChI is InChI=1S/C8H12O3/c9-3-8(4-10-8)5-1-2-6-7(5)11-6/h5-7,9H,1-4H2/t5?,6?,7?,8-/m1/s1. The van der Waals surface area contributed by atoms with Crippen LogP contribution in [0.4, 0.5) is 0 Å². The third kappa shape index (κ3) is 0.736. The summed E-state index contributed by atoms with van der Waals surface area (Å²) < 4.78 is 10.7. The van der Waals surface area contributed by atoms with Crippen molar-refractivity contribution in [3.63, 3.8) is 0 Å². The Morgan fingerprint density at radius 2 is 2.27 bits per heavy atom. The van der Waals surface area contributed by atoms with Crippen LogP contribution in [0.2, 0.25) is 0 Å². The molecule has 2 heterocycles. The first kappa shape index (κ1) is 6.40. The summed E-state index contributed by atoms with van der Waals surface area (Å²) in [6.07, 6.45) is 3.27. The molecule has 3 heteroatoms. The summed E-state index contributed by atoms with van der Waals surface area (Å²) >= 11 is 0. The number of fused-ring (bicyclic) bond motifs is 1. The average Bonchev–Trinajstić information content (AvgIpc) is 2.94. The fraction of sp³-hybridized carbons (Fsp3) is 1.00.